The fourth-order valence-corrected chi connectivity index (χ4v) is 10.2. The van der Waals surface area contributed by atoms with Gasteiger partial charge in [-0.25, -0.2) is 15.0 Å². The average molecular weight is 804 g/mol. The predicted octanol–water partition coefficient (Wildman–Crippen LogP) is 14.7. The number of rotatable bonds is 5. The molecule has 9 aromatic carbocycles. The Hall–Kier alpha value is -8.61. The quantitative estimate of drug-likeness (QED) is 0.174. The molecule has 6 nitrogen and oxygen atoms in total. The van der Waals surface area contributed by atoms with Crippen LogP contribution in [0.15, 0.2) is 205 Å². The third-order valence-corrected chi connectivity index (χ3v) is 12.9. The van der Waals surface area contributed by atoms with E-state index in [2.05, 4.69) is 161 Å². The zero-order chi connectivity index (χ0) is 41.2. The van der Waals surface area contributed by atoms with Crippen molar-refractivity contribution in [2.24, 2.45) is 0 Å². The number of hydrogen-bond acceptors (Lipinski definition) is 4. The Kier molecular flexibility index (Phi) is 7.02. The van der Waals surface area contributed by atoms with E-state index in [1.165, 1.54) is 48.9 Å². The molecule has 63 heavy (non-hydrogen) atoms. The lowest BCUT2D eigenvalue weighted by Gasteiger charge is -2.13. The monoisotopic (exact) mass is 803 g/mol. The first-order valence-electron chi connectivity index (χ1n) is 21.3. The fourth-order valence-electron chi connectivity index (χ4n) is 10.2. The molecule has 0 bridgehead atoms. The minimum atomic E-state index is 0.580. The van der Waals surface area contributed by atoms with Crippen LogP contribution in [0, 0.1) is 0 Å². The van der Waals surface area contributed by atoms with Crippen LogP contribution in [0.1, 0.15) is 0 Å². The van der Waals surface area contributed by atoms with E-state index in [-0.39, 0.29) is 0 Å². The van der Waals surface area contributed by atoms with E-state index < -0.39 is 0 Å². The summed E-state index contributed by atoms with van der Waals surface area (Å²) in [7, 11) is 0. The van der Waals surface area contributed by atoms with Gasteiger partial charge in [-0.15, -0.1) is 0 Å². The lowest BCUT2D eigenvalue weighted by atomic mass is 10.0. The minimum Gasteiger partial charge on any atom is -0.454 e. The Labute approximate surface area is 359 Å². The molecule has 5 heterocycles. The first-order valence-corrected chi connectivity index (χ1v) is 21.3. The molecule has 5 aromatic heterocycles. The molecule has 0 aliphatic rings. The van der Waals surface area contributed by atoms with Crippen LogP contribution < -0.4 is 0 Å². The van der Waals surface area contributed by atoms with E-state index in [4.69, 9.17) is 19.4 Å². The summed E-state index contributed by atoms with van der Waals surface area (Å²) in [6.45, 7) is 0. The van der Waals surface area contributed by atoms with Crippen molar-refractivity contribution in [2.45, 2.75) is 0 Å². The second-order valence-electron chi connectivity index (χ2n) is 16.3. The van der Waals surface area contributed by atoms with Crippen molar-refractivity contribution < 1.29 is 4.42 Å². The summed E-state index contributed by atoms with van der Waals surface area (Å²) in [6.07, 6.45) is 0. The molecule has 0 aliphatic heterocycles. The zero-order valence-electron chi connectivity index (χ0n) is 33.7. The number of para-hydroxylation sites is 4. The molecule has 0 amide bonds. The maximum Gasteiger partial charge on any atom is 0.164 e. The molecule has 292 valence electrons. The summed E-state index contributed by atoms with van der Waals surface area (Å²) in [5, 5.41) is 9.44. The molecule has 0 spiro atoms. The fraction of sp³-hybridized carbons (Fsp3) is 0. The van der Waals surface area contributed by atoms with Crippen molar-refractivity contribution in [3.05, 3.63) is 200 Å². The van der Waals surface area contributed by atoms with Crippen molar-refractivity contribution in [1.82, 2.24) is 23.9 Å². The van der Waals surface area contributed by atoms with Gasteiger partial charge >= 0.3 is 0 Å². The summed E-state index contributed by atoms with van der Waals surface area (Å²) in [6, 6.07) is 70.5. The van der Waals surface area contributed by atoms with Gasteiger partial charge in [0.2, 0.25) is 0 Å². The van der Waals surface area contributed by atoms with Gasteiger partial charge in [0, 0.05) is 59.8 Å². The lowest BCUT2D eigenvalue weighted by Crippen LogP contribution is -2.01. The van der Waals surface area contributed by atoms with E-state index in [0.29, 0.717) is 17.5 Å². The van der Waals surface area contributed by atoms with Crippen molar-refractivity contribution in [3.63, 3.8) is 0 Å². The number of fused-ring (bicyclic) bond motifs is 13. The summed E-state index contributed by atoms with van der Waals surface area (Å²) in [5.41, 5.74) is 13.4. The average Bonchev–Trinajstić information content (AvgIpc) is 4.10. The van der Waals surface area contributed by atoms with Gasteiger partial charge in [0.15, 0.2) is 23.1 Å². The van der Waals surface area contributed by atoms with Gasteiger partial charge in [0.1, 0.15) is 5.58 Å². The van der Waals surface area contributed by atoms with Crippen molar-refractivity contribution in [3.8, 4) is 51.0 Å². The summed E-state index contributed by atoms with van der Waals surface area (Å²) >= 11 is 0. The smallest absolute Gasteiger partial charge is 0.164 e. The highest BCUT2D eigenvalue weighted by Crippen LogP contribution is 2.47. The van der Waals surface area contributed by atoms with Crippen LogP contribution in [-0.4, -0.2) is 23.9 Å². The normalized spacial score (nSPS) is 12.1. The highest BCUT2D eigenvalue weighted by Gasteiger charge is 2.26. The largest absolute Gasteiger partial charge is 0.454 e. The van der Waals surface area contributed by atoms with E-state index >= 15 is 0 Å². The van der Waals surface area contributed by atoms with E-state index in [1.54, 1.807) is 0 Å². The van der Waals surface area contributed by atoms with Crippen molar-refractivity contribution in [1.29, 1.82) is 0 Å². The van der Waals surface area contributed by atoms with Crippen molar-refractivity contribution >= 4 is 81.8 Å². The molecule has 0 atom stereocenters. The predicted molar refractivity (Wildman–Crippen MR) is 258 cm³/mol. The Morgan fingerprint density at radius 1 is 0.333 bits per heavy atom. The van der Waals surface area contributed by atoms with Gasteiger partial charge in [-0.2, -0.15) is 0 Å². The summed E-state index contributed by atoms with van der Waals surface area (Å²) in [5.74, 6) is 1.79. The van der Waals surface area contributed by atoms with Crippen LogP contribution in [0.4, 0.5) is 0 Å². The molecule has 14 rings (SSSR count). The van der Waals surface area contributed by atoms with Crippen LogP contribution in [0.2, 0.25) is 0 Å². The highest BCUT2D eigenvalue weighted by molar-refractivity contribution is 6.33. The molecule has 0 radical (unpaired) electrons. The summed E-state index contributed by atoms with van der Waals surface area (Å²) < 4.78 is 11.8. The number of furan rings is 1. The summed E-state index contributed by atoms with van der Waals surface area (Å²) in [4.78, 5) is 15.5. The van der Waals surface area contributed by atoms with Gasteiger partial charge in [-0.3, -0.25) is 0 Å². The molecule has 0 fully saturated rings. The number of aromatic nitrogens is 5. The van der Waals surface area contributed by atoms with Crippen LogP contribution in [0.25, 0.3) is 133 Å². The van der Waals surface area contributed by atoms with Crippen LogP contribution in [-0.2, 0) is 0 Å². The number of benzene rings is 9. The molecule has 0 unspecified atom stereocenters. The Morgan fingerprint density at radius 3 is 1.68 bits per heavy atom. The SMILES string of the molecule is c1ccc(-c2ccc(-c3nc(-c4ccccc4)nc(-c4ccc(-n5c6ccccc6c6c7c8cccc9c%10ccccc%10n(c7ccc65)c98)c5oc6ccccc6c45)n3)cc2)cc1. The maximum absolute atomic E-state index is 6.98. The number of nitrogens with zero attached hydrogens (tertiary/aromatic N) is 5. The first kappa shape index (κ1) is 34.1. The molecule has 0 saturated carbocycles. The van der Waals surface area contributed by atoms with Gasteiger partial charge in [0.05, 0.1) is 33.3 Å². The molecule has 0 saturated heterocycles. The lowest BCUT2D eigenvalue weighted by molar-refractivity contribution is 0.666. The Balaban J connectivity index is 1.03. The molecule has 6 heteroatoms. The minimum absolute atomic E-state index is 0.580. The topological polar surface area (TPSA) is 61.2 Å². The van der Waals surface area contributed by atoms with Gasteiger partial charge in [-0.05, 0) is 53.6 Å². The van der Waals surface area contributed by atoms with Gasteiger partial charge in [-0.1, -0.05) is 158 Å². The third-order valence-electron chi connectivity index (χ3n) is 12.9. The maximum atomic E-state index is 6.98. The van der Waals surface area contributed by atoms with Crippen LogP contribution >= 0.6 is 0 Å². The molecule has 14 aromatic rings. The molecule has 0 N–H and O–H groups in total. The third kappa shape index (κ3) is 4.86. The van der Waals surface area contributed by atoms with Gasteiger partial charge < -0.3 is 13.4 Å². The second-order valence-corrected chi connectivity index (χ2v) is 16.3. The van der Waals surface area contributed by atoms with Crippen LogP contribution in [0.3, 0.4) is 0 Å². The standard InChI is InChI=1S/C57H33N5O/c1-3-14-34(15-4-1)35-26-28-37(29-27-35)56-58-55(36-16-5-2-6-17-36)59-57(60-56)43-30-31-48(54-50(43)41-20-9-12-25-49(41)63-54)61-45-24-11-8-19-40(45)51-46(61)32-33-47-52(51)42-22-13-21-39-38-18-7-10-23-44(38)62(47)53(39)42/h1-33H. The van der Waals surface area contributed by atoms with E-state index in [0.717, 1.165) is 66.5 Å². The van der Waals surface area contributed by atoms with Gasteiger partial charge in [0.25, 0.3) is 0 Å². The highest BCUT2D eigenvalue weighted by atomic mass is 16.3. The second kappa shape index (κ2) is 12.9. The van der Waals surface area contributed by atoms with Crippen molar-refractivity contribution in [2.75, 3.05) is 0 Å². The van der Waals surface area contributed by atoms with Crippen LogP contribution in [0.5, 0.6) is 0 Å². The molecular weight excluding hydrogens is 771 g/mol. The first-order chi connectivity index (χ1) is 31.3. The Morgan fingerprint density at radius 2 is 0.889 bits per heavy atom. The molecular formula is C57H33N5O. The molecule has 0 aliphatic carbocycles. The number of hydrogen-bond donors (Lipinski definition) is 0. The zero-order valence-corrected chi connectivity index (χ0v) is 33.7. The van der Waals surface area contributed by atoms with E-state index in [1.807, 2.05) is 48.5 Å². The Bertz CT molecular complexity index is 4130. The van der Waals surface area contributed by atoms with E-state index in [9.17, 15) is 0 Å².